The fourth-order valence-electron chi connectivity index (χ4n) is 1.56. The third-order valence-corrected chi connectivity index (χ3v) is 3.12. The van der Waals surface area contributed by atoms with Gasteiger partial charge in [0.05, 0.1) is 12.3 Å². The number of ketones is 1. The van der Waals surface area contributed by atoms with Crippen molar-refractivity contribution in [2.24, 2.45) is 0 Å². The van der Waals surface area contributed by atoms with Gasteiger partial charge in [0.25, 0.3) is 0 Å². The van der Waals surface area contributed by atoms with Crippen LogP contribution in [0.5, 0.6) is 0 Å². The standard InChI is InChI=1S/C12H17NO3S.H2O/c1-10(14)12(13-17(2,15)16)9-8-11-6-4-3-5-7-11;/h3-7,12-13H,8-9H2,1-2H3;1H2/t12-;/m1./s1. The van der Waals surface area contributed by atoms with Gasteiger partial charge in [-0.1, -0.05) is 30.3 Å². The van der Waals surface area contributed by atoms with E-state index in [4.69, 9.17) is 0 Å². The molecular weight excluding hydrogens is 254 g/mol. The molecule has 1 atom stereocenters. The molecule has 0 aliphatic carbocycles. The maximum atomic E-state index is 11.3. The highest BCUT2D eigenvalue weighted by Gasteiger charge is 2.17. The molecule has 0 unspecified atom stereocenters. The molecule has 1 rings (SSSR count). The van der Waals surface area contributed by atoms with Crippen molar-refractivity contribution in [3.8, 4) is 0 Å². The summed E-state index contributed by atoms with van der Waals surface area (Å²) >= 11 is 0. The molecule has 0 aliphatic rings. The summed E-state index contributed by atoms with van der Waals surface area (Å²) in [5, 5.41) is 0. The normalized spacial score (nSPS) is 12.6. The van der Waals surface area contributed by atoms with Crippen LogP contribution in [0.3, 0.4) is 0 Å². The lowest BCUT2D eigenvalue weighted by molar-refractivity contribution is -0.118. The van der Waals surface area contributed by atoms with Crippen LogP contribution < -0.4 is 4.72 Å². The Morgan fingerprint density at radius 3 is 2.28 bits per heavy atom. The van der Waals surface area contributed by atoms with Crippen LogP contribution in [0.2, 0.25) is 0 Å². The molecule has 0 fully saturated rings. The lowest BCUT2D eigenvalue weighted by Crippen LogP contribution is -2.39. The first-order valence-electron chi connectivity index (χ1n) is 5.40. The summed E-state index contributed by atoms with van der Waals surface area (Å²) in [5.74, 6) is -0.161. The van der Waals surface area contributed by atoms with E-state index in [-0.39, 0.29) is 11.3 Å². The average molecular weight is 273 g/mol. The smallest absolute Gasteiger partial charge is 0.209 e. The number of carbonyl (C=O) groups excluding carboxylic acids is 1. The summed E-state index contributed by atoms with van der Waals surface area (Å²) < 4.78 is 24.5. The number of hydrogen-bond acceptors (Lipinski definition) is 3. The first kappa shape index (κ1) is 16.8. The van der Waals surface area contributed by atoms with Gasteiger partial charge in [-0.25, -0.2) is 13.1 Å². The lowest BCUT2D eigenvalue weighted by atomic mass is 10.0. The van der Waals surface area contributed by atoms with Crippen molar-refractivity contribution < 1.29 is 18.7 Å². The van der Waals surface area contributed by atoms with Gasteiger partial charge in [-0.3, -0.25) is 4.79 Å². The van der Waals surface area contributed by atoms with Crippen LogP contribution in [0.15, 0.2) is 30.3 Å². The SMILES string of the molecule is CC(=O)[C@@H](CCc1ccccc1)NS(C)(=O)=O.O. The molecule has 0 bridgehead atoms. The minimum Gasteiger partial charge on any atom is -0.412 e. The fraction of sp³-hybridized carbons (Fsp3) is 0.417. The summed E-state index contributed by atoms with van der Waals surface area (Å²) in [6.45, 7) is 1.40. The van der Waals surface area contributed by atoms with Gasteiger partial charge in [-0.15, -0.1) is 0 Å². The Kier molecular flexibility index (Phi) is 6.75. The van der Waals surface area contributed by atoms with Crippen LogP contribution in [0.1, 0.15) is 18.9 Å². The second-order valence-corrected chi connectivity index (χ2v) is 5.86. The highest BCUT2D eigenvalue weighted by molar-refractivity contribution is 7.88. The molecular formula is C12H19NO4S. The first-order valence-corrected chi connectivity index (χ1v) is 7.29. The van der Waals surface area contributed by atoms with E-state index in [1.54, 1.807) is 0 Å². The largest absolute Gasteiger partial charge is 0.412 e. The van der Waals surface area contributed by atoms with Crippen molar-refractivity contribution in [2.45, 2.75) is 25.8 Å². The number of Topliss-reactive ketones (excluding diaryl/α,β-unsaturated/α-hetero) is 1. The minimum absolute atomic E-state index is 0. The van der Waals surface area contributed by atoms with Crippen molar-refractivity contribution in [1.29, 1.82) is 0 Å². The third kappa shape index (κ3) is 6.48. The van der Waals surface area contributed by atoms with Gasteiger partial charge >= 0.3 is 0 Å². The predicted molar refractivity (Wildman–Crippen MR) is 70.8 cm³/mol. The number of rotatable bonds is 6. The fourth-order valence-corrected chi connectivity index (χ4v) is 2.36. The monoisotopic (exact) mass is 273 g/mol. The van der Waals surface area contributed by atoms with E-state index >= 15 is 0 Å². The van der Waals surface area contributed by atoms with E-state index in [0.717, 1.165) is 11.8 Å². The molecule has 18 heavy (non-hydrogen) atoms. The predicted octanol–water partition coefficient (Wildman–Crippen LogP) is 0.301. The van der Waals surface area contributed by atoms with E-state index in [1.807, 2.05) is 30.3 Å². The molecule has 102 valence electrons. The summed E-state index contributed by atoms with van der Waals surface area (Å²) in [4.78, 5) is 11.3. The number of benzene rings is 1. The number of carbonyl (C=O) groups is 1. The zero-order valence-corrected chi connectivity index (χ0v) is 11.3. The van der Waals surface area contributed by atoms with Crippen LogP contribution in [0, 0.1) is 0 Å². The number of nitrogens with one attached hydrogen (secondary N) is 1. The Labute approximate surface area is 108 Å². The van der Waals surface area contributed by atoms with Crippen molar-refractivity contribution in [3.05, 3.63) is 35.9 Å². The molecule has 0 radical (unpaired) electrons. The second-order valence-electron chi connectivity index (χ2n) is 4.08. The summed E-state index contributed by atoms with van der Waals surface area (Å²) in [6, 6.07) is 9.03. The van der Waals surface area contributed by atoms with Crippen LogP contribution in [0.25, 0.3) is 0 Å². The quantitative estimate of drug-likeness (QED) is 0.807. The van der Waals surface area contributed by atoms with Crippen LogP contribution in [-0.2, 0) is 21.2 Å². The Bertz CT molecular complexity index is 470. The topological polar surface area (TPSA) is 94.7 Å². The van der Waals surface area contributed by atoms with Gasteiger partial charge < -0.3 is 5.48 Å². The lowest BCUT2D eigenvalue weighted by Gasteiger charge is -2.14. The van der Waals surface area contributed by atoms with E-state index in [1.165, 1.54) is 6.92 Å². The van der Waals surface area contributed by atoms with Gasteiger partial charge in [0.2, 0.25) is 10.0 Å². The van der Waals surface area contributed by atoms with Crippen molar-refractivity contribution in [2.75, 3.05) is 6.26 Å². The highest BCUT2D eigenvalue weighted by atomic mass is 32.2. The molecule has 3 N–H and O–H groups in total. The second kappa shape index (κ2) is 7.25. The Morgan fingerprint density at radius 2 is 1.83 bits per heavy atom. The van der Waals surface area contributed by atoms with Crippen molar-refractivity contribution in [3.63, 3.8) is 0 Å². The van der Waals surface area contributed by atoms with Gasteiger partial charge in [-0.2, -0.15) is 0 Å². The molecule has 6 heteroatoms. The van der Waals surface area contributed by atoms with E-state index < -0.39 is 16.1 Å². The maximum absolute atomic E-state index is 11.3. The summed E-state index contributed by atoms with van der Waals surface area (Å²) in [5.41, 5.74) is 1.09. The molecule has 0 aliphatic heterocycles. The Balaban J connectivity index is 0.00000289. The zero-order valence-electron chi connectivity index (χ0n) is 10.5. The number of hydrogen-bond donors (Lipinski definition) is 1. The molecule has 0 saturated heterocycles. The zero-order chi connectivity index (χ0) is 12.9. The minimum atomic E-state index is -3.34. The van der Waals surface area contributed by atoms with E-state index in [2.05, 4.69) is 4.72 Å². The average Bonchev–Trinajstić information content (AvgIpc) is 2.24. The van der Waals surface area contributed by atoms with E-state index in [0.29, 0.717) is 12.8 Å². The van der Waals surface area contributed by atoms with Gasteiger partial charge in [0.15, 0.2) is 0 Å². The molecule has 5 nitrogen and oxygen atoms in total. The van der Waals surface area contributed by atoms with Gasteiger partial charge in [-0.05, 0) is 25.3 Å². The van der Waals surface area contributed by atoms with Crippen molar-refractivity contribution in [1.82, 2.24) is 4.72 Å². The molecule has 1 aromatic carbocycles. The first-order chi connectivity index (χ1) is 7.88. The van der Waals surface area contributed by atoms with Crippen LogP contribution >= 0.6 is 0 Å². The van der Waals surface area contributed by atoms with Gasteiger partial charge in [0.1, 0.15) is 5.78 Å². The molecule has 0 heterocycles. The molecule has 0 amide bonds. The molecule has 1 aromatic rings. The molecule has 0 spiro atoms. The van der Waals surface area contributed by atoms with Crippen LogP contribution in [0.4, 0.5) is 0 Å². The Hall–Kier alpha value is -1.24. The Morgan fingerprint density at radius 1 is 1.28 bits per heavy atom. The van der Waals surface area contributed by atoms with Crippen LogP contribution in [-0.4, -0.2) is 32.0 Å². The maximum Gasteiger partial charge on any atom is 0.209 e. The number of aryl methyl sites for hydroxylation is 1. The van der Waals surface area contributed by atoms with E-state index in [9.17, 15) is 13.2 Å². The third-order valence-electron chi connectivity index (χ3n) is 2.41. The summed E-state index contributed by atoms with van der Waals surface area (Å²) in [7, 11) is -3.34. The van der Waals surface area contributed by atoms with Gasteiger partial charge in [0, 0.05) is 0 Å². The highest BCUT2D eigenvalue weighted by Crippen LogP contribution is 2.06. The molecule has 0 saturated carbocycles. The van der Waals surface area contributed by atoms with Crippen molar-refractivity contribution >= 4 is 15.8 Å². The summed E-state index contributed by atoms with van der Waals surface area (Å²) in [6.07, 6.45) is 2.21. The number of sulfonamides is 1. The molecule has 0 aromatic heterocycles.